The second kappa shape index (κ2) is 9.23. The molecule has 0 aromatic carbocycles. The zero-order valence-electron chi connectivity index (χ0n) is 11.8. The Morgan fingerprint density at radius 1 is 1.35 bits per heavy atom. The highest BCUT2D eigenvalue weighted by Gasteiger charge is 2.07. The van der Waals surface area contributed by atoms with E-state index >= 15 is 0 Å². The van der Waals surface area contributed by atoms with Gasteiger partial charge in [0.2, 0.25) is 0 Å². The molecule has 0 fully saturated rings. The van der Waals surface area contributed by atoms with Gasteiger partial charge in [-0.1, -0.05) is 27.4 Å². The minimum Gasteiger partial charge on any atom is -0.462 e. The van der Waals surface area contributed by atoms with Crippen LogP contribution in [0.15, 0.2) is 12.2 Å². The molecule has 0 saturated carbocycles. The number of ether oxygens (including phenoxy) is 1. The number of carbonyl (C=O) groups excluding carboxylic acids is 1. The molecule has 0 aliphatic rings. The lowest BCUT2D eigenvalue weighted by atomic mass is 10.2. The first-order valence-corrected chi connectivity index (χ1v) is 6.52. The van der Waals surface area contributed by atoms with Crippen molar-refractivity contribution in [2.24, 2.45) is 5.92 Å². The summed E-state index contributed by atoms with van der Waals surface area (Å²) in [5.41, 5.74) is 0.470. The van der Waals surface area contributed by atoms with Gasteiger partial charge in [-0.3, -0.25) is 0 Å². The van der Waals surface area contributed by atoms with Crippen molar-refractivity contribution < 1.29 is 9.53 Å². The molecule has 100 valence electrons. The van der Waals surface area contributed by atoms with Gasteiger partial charge in [-0.15, -0.1) is 0 Å². The van der Waals surface area contributed by atoms with E-state index in [2.05, 4.69) is 32.3 Å². The van der Waals surface area contributed by atoms with Crippen molar-refractivity contribution in [3.63, 3.8) is 0 Å². The van der Waals surface area contributed by atoms with E-state index in [4.69, 9.17) is 4.74 Å². The average Bonchev–Trinajstić information content (AvgIpc) is 2.23. The third kappa shape index (κ3) is 8.93. The lowest BCUT2D eigenvalue weighted by Gasteiger charge is -2.23. The van der Waals surface area contributed by atoms with Crippen LogP contribution in [-0.2, 0) is 9.53 Å². The van der Waals surface area contributed by atoms with E-state index in [0.29, 0.717) is 18.1 Å². The SMILES string of the molecule is C=C(C)C(=O)OCCCN(CCC)CC(C)C. The van der Waals surface area contributed by atoms with E-state index in [1.165, 1.54) is 0 Å². The van der Waals surface area contributed by atoms with Crippen molar-refractivity contribution in [2.75, 3.05) is 26.2 Å². The Balaban J connectivity index is 3.74. The molecule has 0 amide bonds. The first-order chi connectivity index (χ1) is 7.97. The molecule has 0 spiro atoms. The molecule has 0 aliphatic heterocycles. The Morgan fingerprint density at radius 2 is 2.00 bits per heavy atom. The molecule has 0 saturated heterocycles. The molecular weight excluding hydrogens is 214 g/mol. The fourth-order valence-electron chi connectivity index (χ4n) is 1.70. The summed E-state index contributed by atoms with van der Waals surface area (Å²) in [6, 6.07) is 0. The summed E-state index contributed by atoms with van der Waals surface area (Å²) in [5, 5.41) is 0. The van der Waals surface area contributed by atoms with E-state index in [9.17, 15) is 4.79 Å². The molecule has 0 unspecified atom stereocenters. The summed E-state index contributed by atoms with van der Waals surface area (Å²) >= 11 is 0. The number of nitrogens with zero attached hydrogens (tertiary/aromatic N) is 1. The van der Waals surface area contributed by atoms with Crippen LogP contribution in [0.4, 0.5) is 0 Å². The fraction of sp³-hybridized carbons (Fsp3) is 0.786. The number of rotatable bonds is 9. The minimum atomic E-state index is -0.282. The van der Waals surface area contributed by atoms with E-state index in [1.54, 1.807) is 6.92 Å². The van der Waals surface area contributed by atoms with E-state index in [-0.39, 0.29) is 5.97 Å². The average molecular weight is 241 g/mol. The summed E-state index contributed by atoms with van der Waals surface area (Å²) in [4.78, 5) is 13.6. The van der Waals surface area contributed by atoms with Gasteiger partial charge < -0.3 is 9.64 Å². The van der Waals surface area contributed by atoms with Crippen LogP contribution >= 0.6 is 0 Å². The monoisotopic (exact) mass is 241 g/mol. The quantitative estimate of drug-likeness (QED) is 0.353. The summed E-state index contributed by atoms with van der Waals surface area (Å²) < 4.78 is 5.07. The summed E-state index contributed by atoms with van der Waals surface area (Å²) in [5.74, 6) is 0.399. The van der Waals surface area contributed by atoms with Gasteiger partial charge in [0.05, 0.1) is 6.61 Å². The lowest BCUT2D eigenvalue weighted by Crippen LogP contribution is -2.30. The van der Waals surface area contributed by atoms with Crippen LogP contribution < -0.4 is 0 Å². The topological polar surface area (TPSA) is 29.5 Å². The molecule has 0 aromatic heterocycles. The maximum Gasteiger partial charge on any atom is 0.333 e. The number of hydrogen-bond donors (Lipinski definition) is 0. The maximum atomic E-state index is 11.2. The smallest absolute Gasteiger partial charge is 0.333 e. The molecule has 0 rings (SSSR count). The number of carbonyl (C=O) groups is 1. The van der Waals surface area contributed by atoms with Crippen molar-refractivity contribution in [2.45, 2.75) is 40.5 Å². The largest absolute Gasteiger partial charge is 0.462 e. The number of esters is 1. The van der Waals surface area contributed by atoms with Crippen LogP contribution in [0.5, 0.6) is 0 Å². The van der Waals surface area contributed by atoms with E-state index in [1.807, 2.05) is 0 Å². The normalized spacial score (nSPS) is 10.9. The summed E-state index contributed by atoms with van der Waals surface area (Å²) in [7, 11) is 0. The number of hydrogen-bond acceptors (Lipinski definition) is 3. The fourth-order valence-corrected chi connectivity index (χ4v) is 1.70. The highest BCUT2D eigenvalue weighted by molar-refractivity contribution is 5.86. The van der Waals surface area contributed by atoms with Crippen molar-refractivity contribution >= 4 is 5.97 Å². The summed E-state index contributed by atoms with van der Waals surface area (Å²) in [6.45, 7) is 15.6. The van der Waals surface area contributed by atoms with E-state index < -0.39 is 0 Å². The maximum absolute atomic E-state index is 11.2. The van der Waals surface area contributed by atoms with Crippen molar-refractivity contribution in [1.29, 1.82) is 0 Å². The molecule has 0 atom stereocenters. The molecule has 0 aromatic rings. The van der Waals surface area contributed by atoms with Gasteiger partial charge in [0.25, 0.3) is 0 Å². The van der Waals surface area contributed by atoms with Gasteiger partial charge in [0.15, 0.2) is 0 Å². The minimum absolute atomic E-state index is 0.282. The van der Waals surface area contributed by atoms with Gasteiger partial charge in [0.1, 0.15) is 0 Å². The highest BCUT2D eigenvalue weighted by Crippen LogP contribution is 2.02. The Labute approximate surface area is 106 Å². The van der Waals surface area contributed by atoms with Crippen LogP contribution in [0, 0.1) is 5.92 Å². The second-order valence-electron chi connectivity index (χ2n) is 4.96. The first kappa shape index (κ1) is 16.2. The summed E-state index contributed by atoms with van der Waals surface area (Å²) in [6.07, 6.45) is 2.06. The van der Waals surface area contributed by atoms with Crippen LogP contribution in [0.25, 0.3) is 0 Å². The third-order valence-corrected chi connectivity index (χ3v) is 2.36. The van der Waals surface area contributed by atoms with Crippen LogP contribution in [-0.4, -0.2) is 37.1 Å². The Bertz CT molecular complexity index is 236. The van der Waals surface area contributed by atoms with Crippen molar-refractivity contribution in [3.05, 3.63) is 12.2 Å². The molecule has 0 aliphatic carbocycles. The lowest BCUT2D eigenvalue weighted by molar-refractivity contribution is -0.139. The molecule has 0 N–H and O–H groups in total. The van der Waals surface area contributed by atoms with E-state index in [0.717, 1.165) is 32.5 Å². The molecule has 0 radical (unpaired) electrons. The predicted molar refractivity (Wildman–Crippen MR) is 72.0 cm³/mol. The van der Waals surface area contributed by atoms with Crippen molar-refractivity contribution in [3.8, 4) is 0 Å². The molecule has 3 nitrogen and oxygen atoms in total. The van der Waals surface area contributed by atoms with Gasteiger partial charge in [-0.05, 0) is 32.2 Å². The highest BCUT2D eigenvalue weighted by atomic mass is 16.5. The molecule has 17 heavy (non-hydrogen) atoms. The Kier molecular flexibility index (Phi) is 8.78. The zero-order chi connectivity index (χ0) is 13.3. The van der Waals surface area contributed by atoms with Crippen LogP contribution in [0.3, 0.4) is 0 Å². The van der Waals surface area contributed by atoms with Gasteiger partial charge in [0, 0.05) is 18.7 Å². The van der Waals surface area contributed by atoms with Crippen LogP contribution in [0.1, 0.15) is 40.5 Å². The van der Waals surface area contributed by atoms with Gasteiger partial charge >= 0.3 is 5.97 Å². The second-order valence-corrected chi connectivity index (χ2v) is 4.96. The first-order valence-electron chi connectivity index (χ1n) is 6.52. The molecule has 3 heteroatoms. The standard InChI is InChI=1S/C14H27NO2/c1-6-8-15(11-12(2)3)9-7-10-17-14(16)13(4)5/h12H,4,6-11H2,1-3,5H3. The van der Waals surface area contributed by atoms with Crippen molar-refractivity contribution in [1.82, 2.24) is 4.90 Å². The molecular formula is C14H27NO2. The molecule has 0 heterocycles. The third-order valence-electron chi connectivity index (χ3n) is 2.36. The van der Waals surface area contributed by atoms with Gasteiger partial charge in [-0.2, -0.15) is 0 Å². The predicted octanol–water partition coefficient (Wildman–Crippen LogP) is 2.86. The van der Waals surface area contributed by atoms with Gasteiger partial charge in [-0.25, -0.2) is 4.79 Å². The zero-order valence-corrected chi connectivity index (χ0v) is 11.8. The Morgan fingerprint density at radius 3 is 2.47 bits per heavy atom. The van der Waals surface area contributed by atoms with Crippen LogP contribution in [0.2, 0.25) is 0 Å². The Hall–Kier alpha value is -0.830. The molecule has 0 bridgehead atoms.